The molecule has 0 aliphatic heterocycles. The molecular formula is C22H28N2O2. The SMILES string of the molecule is C/C(=N\OCc1ccc(C)cc1)c1ccc([C@@H]2CC[C@](N)(CO)C2)cc1. The van der Waals surface area contributed by atoms with Gasteiger partial charge < -0.3 is 15.7 Å². The molecule has 2 aromatic rings. The number of benzene rings is 2. The Bertz CT molecular complexity index is 753. The van der Waals surface area contributed by atoms with Crippen LogP contribution in [0.1, 0.15) is 54.4 Å². The fourth-order valence-electron chi connectivity index (χ4n) is 3.52. The third-order valence-corrected chi connectivity index (χ3v) is 5.31. The monoisotopic (exact) mass is 352 g/mol. The zero-order valence-electron chi connectivity index (χ0n) is 15.6. The van der Waals surface area contributed by atoms with E-state index in [2.05, 4.69) is 60.6 Å². The van der Waals surface area contributed by atoms with E-state index in [1.807, 2.05) is 6.92 Å². The van der Waals surface area contributed by atoms with E-state index in [0.717, 1.165) is 36.1 Å². The van der Waals surface area contributed by atoms with E-state index in [1.54, 1.807) is 0 Å². The zero-order chi connectivity index (χ0) is 18.6. The van der Waals surface area contributed by atoms with Crippen LogP contribution in [0.25, 0.3) is 0 Å². The van der Waals surface area contributed by atoms with Crippen molar-refractivity contribution in [1.29, 1.82) is 0 Å². The molecule has 3 N–H and O–H groups in total. The summed E-state index contributed by atoms with van der Waals surface area (Å²) < 4.78 is 0. The van der Waals surface area contributed by atoms with E-state index in [9.17, 15) is 5.11 Å². The lowest BCUT2D eigenvalue weighted by Crippen LogP contribution is -2.40. The number of hydrogen-bond donors (Lipinski definition) is 2. The second-order valence-corrected chi connectivity index (χ2v) is 7.52. The summed E-state index contributed by atoms with van der Waals surface area (Å²) in [7, 11) is 0. The molecule has 4 heteroatoms. The first-order chi connectivity index (χ1) is 12.5. The van der Waals surface area contributed by atoms with Gasteiger partial charge in [0.15, 0.2) is 0 Å². The van der Waals surface area contributed by atoms with Crippen LogP contribution in [0.4, 0.5) is 0 Å². The average Bonchev–Trinajstić information content (AvgIpc) is 3.06. The van der Waals surface area contributed by atoms with Gasteiger partial charge in [-0.1, -0.05) is 59.3 Å². The maximum Gasteiger partial charge on any atom is 0.142 e. The van der Waals surface area contributed by atoms with Gasteiger partial charge in [0.2, 0.25) is 0 Å². The van der Waals surface area contributed by atoms with Crippen molar-refractivity contribution in [2.75, 3.05) is 6.61 Å². The number of oxime groups is 1. The van der Waals surface area contributed by atoms with E-state index < -0.39 is 5.54 Å². The zero-order valence-corrected chi connectivity index (χ0v) is 15.6. The molecule has 26 heavy (non-hydrogen) atoms. The Morgan fingerprint density at radius 3 is 2.50 bits per heavy atom. The van der Waals surface area contributed by atoms with E-state index >= 15 is 0 Å². The van der Waals surface area contributed by atoms with Gasteiger partial charge in [0.1, 0.15) is 6.61 Å². The number of hydrogen-bond acceptors (Lipinski definition) is 4. The van der Waals surface area contributed by atoms with Crippen LogP contribution < -0.4 is 5.73 Å². The van der Waals surface area contributed by atoms with Crippen LogP contribution in [0.5, 0.6) is 0 Å². The summed E-state index contributed by atoms with van der Waals surface area (Å²) in [6, 6.07) is 16.7. The lowest BCUT2D eigenvalue weighted by molar-refractivity contribution is 0.130. The van der Waals surface area contributed by atoms with Crippen molar-refractivity contribution in [3.63, 3.8) is 0 Å². The predicted molar refractivity (Wildman–Crippen MR) is 105 cm³/mol. The van der Waals surface area contributed by atoms with Crippen LogP contribution in [0.15, 0.2) is 53.7 Å². The van der Waals surface area contributed by atoms with Crippen LogP contribution in [-0.2, 0) is 11.4 Å². The van der Waals surface area contributed by atoms with Crippen molar-refractivity contribution in [3.8, 4) is 0 Å². The van der Waals surface area contributed by atoms with Crippen molar-refractivity contribution < 1.29 is 9.94 Å². The molecule has 0 aromatic heterocycles. The van der Waals surface area contributed by atoms with E-state index in [1.165, 1.54) is 11.1 Å². The van der Waals surface area contributed by atoms with Gasteiger partial charge in [-0.2, -0.15) is 0 Å². The normalized spacial score (nSPS) is 23.2. The van der Waals surface area contributed by atoms with E-state index in [-0.39, 0.29) is 6.61 Å². The lowest BCUT2D eigenvalue weighted by Gasteiger charge is -2.20. The molecule has 2 atom stereocenters. The van der Waals surface area contributed by atoms with Crippen LogP contribution in [-0.4, -0.2) is 23.0 Å². The molecular weight excluding hydrogens is 324 g/mol. The number of nitrogens with two attached hydrogens (primary N) is 1. The number of aryl methyl sites for hydroxylation is 1. The summed E-state index contributed by atoms with van der Waals surface area (Å²) in [6.07, 6.45) is 2.75. The molecule has 3 rings (SSSR count). The molecule has 4 nitrogen and oxygen atoms in total. The number of aliphatic hydroxyl groups excluding tert-OH is 1. The van der Waals surface area contributed by atoms with Crippen LogP contribution in [0, 0.1) is 6.92 Å². The standard InChI is InChI=1S/C22H28N2O2/c1-16-3-5-18(6-4-16)14-26-24-17(2)19-7-9-20(10-8-19)21-11-12-22(23,13-21)15-25/h3-10,21,25H,11-15,23H2,1-2H3/b24-17+/t21-,22-/m1/s1. The highest BCUT2D eigenvalue weighted by atomic mass is 16.6. The topological polar surface area (TPSA) is 67.8 Å². The van der Waals surface area contributed by atoms with Crippen LogP contribution >= 0.6 is 0 Å². The van der Waals surface area contributed by atoms with Gasteiger partial charge in [0.05, 0.1) is 12.3 Å². The maximum atomic E-state index is 9.43. The fourth-order valence-corrected chi connectivity index (χ4v) is 3.52. The first-order valence-electron chi connectivity index (χ1n) is 9.21. The molecule has 2 aromatic carbocycles. The molecule has 0 amide bonds. The van der Waals surface area contributed by atoms with Gasteiger partial charge in [-0.25, -0.2) is 0 Å². The van der Waals surface area contributed by atoms with Crippen molar-refractivity contribution in [1.82, 2.24) is 0 Å². The van der Waals surface area contributed by atoms with Crippen LogP contribution in [0.2, 0.25) is 0 Å². The Morgan fingerprint density at radius 2 is 1.88 bits per heavy atom. The average molecular weight is 352 g/mol. The molecule has 1 aliphatic carbocycles. The second-order valence-electron chi connectivity index (χ2n) is 7.52. The predicted octanol–water partition coefficient (Wildman–Crippen LogP) is 3.89. The molecule has 1 saturated carbocycles. The first-order valence-corrected chi connectivity index (χ1v) is 9.21. The number of rotatable bonds is 6. The third kappa shape index (κ3) is 4.51. The first kappa shape index (κ1) is 18.6. The van der Waals surface area contributed by atoms with Gasteiger partial charge in [0.25, 0.3) is 0 Å². The van der Waals surface area contributed by atoms with Gasteiger partial charge in [-0.15, -0.1) is 0 Å². The number of nitrogens with zero attached hydrogens (tertiary/aromatic N) is 1. The fraction of sp³-hybridized carbons (Fsp3) is 0.409. The summed E-state index contributed by atoms with van der Waals surface area (Å²) in [5, 5.41) is 13.7. The van der Waals surface area contributed by atoms with Crippen molar-refractivity contribution in [2.24, 2.45) is 10.9 Å². The minimum Gasteiger partial charge on any atom is -0.394 e. The molecule has 138 valence electrons. The highest BCUT2D eigenvalue weighted by molar-refractivity contribution is 5.98. The molecule has 0 unspecified atom stereocenters. The summed E-state index contributed by atoms with van der Waals surface area (Å²) in [5.41, 5.74) is 11.3. The summed E-state index contributed by atoms with van der Waals surface area (Å²) in [4.78, 5) is 5.49. The van der Waals surface area contributed by atoms with Gasteiger partial charge in [-0.05, 0) is 55.7 Å². The molecule has 0 spiro atoms. The molecule has 1 aliphatic rings. The highest BCUT2D eigenvalue weighted by Crippen LogP contribution is 2.39. The van der Waals surface area contributed by atoms with Crippen molar-refractivity contribution in [3.05, 3.63) is 70.8 Å². The van der Waals surface area contributed by atoms with Crippen molar-refractivity contribution >= 4 is 5.71 Å². The van der Waals surface area contributed by atoms with Gasteiger partial charge >= 0.3 is 0 Å². The summed E-state index contributed by atoms with van der Waals surface area (Å²) in [5.74, 6) is 0.427. The quantitative estimate of drug-likeness (QED) is 0.612. The Morgan fingerprint density at radius 1 is 1.19 bits per heavy atom. The van der Waals surface area contributed by atoms with E-state index in [4.69, 9.17) is 10.6 Å². The minimum absolute atomic E-state index is 0.0612. The van der Waals surface area contributed by atoms with Gasteiger partial charge in [0, 0.05) is 5.54 Å². The highest BCUT2D eigenvalue weighted by Gasteiger charge is 2.35. The Labute approximate surface area is 155 Å². The summed E-state index contributed by atoms with van der Waals surface area (Å²) in [6.45, 7) is 4.55. The largest absolute Gasteiger partial charge is 0.394 e. The Hall–Kier alpha value is -2.17. The van der Waals surface area contributed by atoms with Crippen LogP contribution in [0.3, 0.4) is 0 Å². The smallest absolute Gasteiger partial charge is 0.142 e. The molecule has 0 radical (unpaired) electrons. The lowest BCUT2D eigenvalue weighted by atomic mass is 9.93. The van der Waals surface area contributed by atoms with Crippen molar-refractivity contribution in [2.45, 2.75) is 51.2 Å². The molecule has 0 heterocycles. The molecule has 0 bridgehead atoms. The molecule has 1 fully saturated rings. The minimum atomic E-state index is -0.412. The number of aliphatic hydroxyl groups is 1. The summed E-state index contributed by atoms with van der Waals surface area (Å²) >= 11 is 0. The van der Waals surface area contributed by atoms with E-state index in [0.29, 0.717) is 12.5 Å². The Kier molecular flexibility index (Phi) is 5.74. The molecule has 0 saturated heterocycles. The second kappa shape index (κ2) is 8.02. The van der Waals surface area contributed by atoms with Gasteiger partial charge in [-0.3, -0.25) is 0 Å². The maximum absolute atomic E-state index is 9.43. The Balaban J connectivity index is 1.58. The third-order valence-electron chi connectivity index (χ3n) is 5.31.